The summed E-state index contributed by atoms with van der Waals surface area (Å²) in [7, 11) is 0. The maximum atomic E-state index is 11.6. The zero-order chi connectivity index (χ0) is 15.3. The Bertz CT molecular complexity index is 474. The first-order chi connectivity index (χ1) is 9.19. The SMILES string of the molecule is CC(C)(C)OC(=O)N[C@H](CC1=CC=CCC1=S)C(=O)O. The van der Waals surface area contributed by atoms with E-state index in [9.17, 15) is 14.7 Å². The van der Waals surface area contributed by atoms with Crippen LogP contribution in [-0.4, -0.2) is 33.7 Å². The van der Waals surface area contributed by atoms with E-state index in [-0.39, 0.29) is 6.42 Å². The van der Waals surface area contributed by atoms with Crippen LogP contribution >= 0.6 is 12.2 Å². The van der Waals surface area contributed by atoms with Crippen molar-refractivity contribution in [3.8, 4) is 0 Å². The number of nitrogens with one attached hydrogen (secondary N) is 1. The zero-order valence-corrected chi connectivity index (χ0v) is 12.6. The lowest BCUT2D eigenvalue weighted by Gasteiger charge is -2.22. The first kappa shape index (κ1) is 16.4. The quantitative estimate of drug-likeness (QED) is 0.780. The smallest absolute Gasteiger partial charge is 0.408 e. The molecule has 0 saturated heterocycles. The summed E-state index contributed by atoms with van der Waals surface area (Å²) in [6.07, 6.45) is 5.54. The number of carboxylic acid groups (broad SMARTS) is 1. The lowest BCUT2D eigenvalue weighted by atomic mass is 9.98. The summed E-state index contributed by atoms with van der Waals surface area (Å²) in [5.41, 5.74) is 0.0842. The van der Waals surface area contributed by atoms with Gasteiger partial charge < -0.3 is 15.2 Å². The van der Waals surface area contributed by atoms with Crippen LogP contribution in [0.5, 0.6) is 0 Å². The van der Waals surface area contributed by atoms with Gasteiger partial charge in [0, 0.05) is 17.7 Å². The molecule has 0 aromatic rings. The Morgan fingerprint density at radius 2 is 2.15 bits per heavy atom. The van der Waals surface area contributed by atoms with E-state index in [0.717, 1.165) is 5.57 Å². The number of hydrogen-bond donors (Lipinski definition) is 2. The third-order valence-corrected chi connectivity index (χ3v) is 2.94. The highest BCUT2D eigenvalue weighted by Gasteiger charge is 2.25. The highest BCUT2D eigenvalue weighted by atomic mass is 32.1. The van der Waals surface area contributed by atoms with Gasteiger partial charge in [-0.2, -0.15) is 0 Å². The summed E-state index contributed by atoms with van der Waals surface area (Å²) in [4.78, 5) is 23.6. The molecular weight excluding hydrogens is 278 g/mol. The van der Waals surface area contributed by atoms with Crippen molar-refractivity contribution in [2.24, 2.45) is 0 Å². The number of ether oxygens (including phenoxy) is 1. The predicted octanol–water partition coefficient (Wildman–Crippen LogP) is 2.61. The van der Waals surface area contributed by atoms with Crippen molar-refractivity contribution in [2.75, 3.05) is 0 Å². The van der Waals surface area contributed by atoms with Gasteiger partial charge in [-0.05, 0) is 26.3 Å². The molecule has 1 aliphatic rings. The van der Waals surface area contributed by atoms with Crippen molar-refractivity contribution < 1.29 is 19.4 Å². The molecular formula is C14H19NO4S. The number of carboxylic acids is 1. The summed E-state index contributed by atoms with van der Waals surface area (Å²) >= 11 is 5.18. The molecule has 1 amide bonds. The van der Waals surface area contributed by atoms with E-state index in [1.54, 1.807) is 26.8 Å². The molecule has 0 aromatic carbocycles. The Hall–Kier alpha value is -1.69. The van der Waals surface area contributed by atoms with E-state index in [0.29, 0.717) is 11.3 Å². The molecule has 0 heterocycles. The first-order valence-corrected chi connectivity index (χ1v) is 6.71. The fourth-order valence-corrected chi connectivity index (χ4v) is 1.88. The van der Waals surface area contributed by atoms with E-state index in [4.69, 9.17) is 17.0 Å². The van der Waals surface area contributed by atoms with Gasteiger partial charge in [-0.1, -0.05) is 30.4 Å². The number of thiocarbonyl (C=S) groups is 1. The molecule has 1 atom stereocenters. The van der Waals surface area contributed by atoms with Gasteiger partial charge >= 0.3 is 12.1 Å². The van der Waals surface area contributed by atoms with E-state index in [2.05, 4.69) is 5.32 Å². The third-order valence-electron chi connectivity index (χ3n) is 2.51. The fraction of sp³-hybridized carbons (Fsp3) is 0.500. The summed E-state index contributed by atoms with van der Waals surface area (Å²) in [5.74, 6) is -1.12. The molecule has 0 aliphatic heterocycles. The summed E-state index contributed by atoms with van der Waals surface area (Å²) in [5, 5.41) is 11.5. The van der Waals surface area contributed by atoms with Crippen LogP contribution in [0, 0.1) is 0 Å². The fourth-order valence-electron chi connectivity index (χ4n) is 1.63. The molecule has 0 aromatic heterocycles. The largest absolute Gasteiger partial charge is 0.480 e. The van der Waals surface area contributed by atoms with E-state index < -0.39 is 23.7 Å². The number of alkyl carbamates (subject to hydrolysis) is 1. The Kier molecular flexibility index (Phi) is 5.44. The van der Waals surface area contributed by atoms with Gasteiger partial charge in [0.25, 0.3) is 0 Å². The molecule has 1 rings (SSSR count). The van der Waals surface area contributed by atoms with Crippen LogP contribution in [-0.2, 0) is 9.53 Å². The minimum atomic E-state index is -1.12. The Balaban J connectivity index is 2.68. The lowest BCUT2D eigenvalue weighted by molar-refractivity contribution is -0.139. The number of hydrogen-bond acceptors (Lipinski definition) is 4. The first-order valence-electron chi connectivity index (χ1n) is 6.30. The molecule has 0 spiro atoms. The second-order valence-electron chi connectivity index (χ2n) is 5.49. The number of carbonyl (C=O) groups excluding carboxylic acids is 1. The van der Waals surface area contributed by atoms with Crippen LogP contribution < -0.4 is 5.32 Å². The van der Waals surface area contributed by atoms with Crippen LogP contribution in [0.1, 0.15) is 33.6 Å². The molecule has 0 unspecified atom stereocenters. The van der Waals surface area contributed by atoms with Crippen LogP contribution in [0.25, 0.3) is 0 Å². The normalized spacial score (nSPS) is 16.4. The number of carbonyl (C=O) groups is 2. The maximum absolute atomic E-state index is 11.6. The molecule has 0 radical (unpaired) electrons. The average molecular weight is 297 g/mol. The maximum Gasteiger partial charge on any atom is 0.408 e. The Morgan fingerprint density at radius 3 is 2.65 bits per heavy atom. The van der Waals surface area contributed by atoms with Gasteiger partial charge in [0.05, 0.1) is 0 Å². The van der Waals surface area contributed by atoms with Crippen LogP contribution in [0.4, 0.5) is 4.79 Å². The molecule has 5 nitrogen and oxygen atoms in total. The topological polar surface area (TPSA) is 75.6 Å². The molecule has 6 heteroatoms. The second kappa shape index (κ2) is 6.65. The van der Waals surface area contributed by atoms with E-state index >= 15 is 0 Å². The van der Waals surface area contributed by atoms with Gasteiger partial charge in [-0.15, -0.1) is 0 Å². The minimum absolute atomic E-state index is 0.151. The van der Waals surface area contributed by atoms with Crippen molar-refractivity contribution in [1.82, 2.24) is 5.32 Å². The van der Waals surface area contributed by atoms with Crippen molar-refractivity contribution >= 4 is 29.1 Å². The molecule has 0 fully saturated rings. The van der Waals surface area contributed by atoms with Crippen molar-refractivity contribution in [3.63, 3.8) is 0 Å². The van der Waals surface area contributed by atoms with Crippen molar-refractivity contribution in [1.29, 1.82) is 0 Å². The number of amides is 1. The number of rotatable bonds is 4. The van der Waals surface area contributed by atoms with Gasteiger partial charge in [0.1, 0.15) is 11.6 Å². The van der Waals surface area contributed by atoms with E-state index in [1.165, 1.54) is 0 Å². The molecule has 110 valence electrons. The second-order valence-corrected chi connectivity index (χ2v) is 5.98. The average Bonchev–Trinajstić information content (AvgIpc) is 2.28. The van der Waals surface area contributed by atoms with Crippen molar-refractivity contribution in [3.05, 3.63) is 23.8 Å². The van der Waals surface area contributed by atoms with Gasteiger partial charge in [0.15, 0.2) is 0 Å². The lowest BCUT2D eigenvalue weighted by Crippen LogP contribution is -2.44. The van der Waals surface area contributed by atoms with Crippen LogP contribution in [0.15, 0.2) is 23.8 Å². The Morgan fingerprint density at radius 1 is 1.50 bits per heavy atom. The highest BCUT2D eigenvalue weighted by molar-refractivity contribution is 7.80. The third kappa shape index (κ3) is 5.52. The van der Waals surface area contributed by atoms with Gasteiger partial charge in [0.2, 0.25) is 0 Å². The van der Waals surface area contributed by atoms with Crippen molar-refractivity contribution in [2.45, 2.75) is 45.3 Å². The Labute approximate surface area is 123 Å². The predicted molar refractivity (Wildman–Crippen MR) is 79.8 cm³/mol. The monoisotopic (exact) mass is 297 g/mol. The molecule has 2 N–H and O–H groups in total. The zero-order valence-electron chi connectivity index (χ0n) is 11.8. The minimum Gasteiger partial charge on any atom is -0.480 e. The summed E-state index contributed by atoms with van der Waals surface area (Å²) in [6, 6.07) is -1.06. The number of allylic oxidation sites excluding steroid dienone is 3. The number of aliphatic carboxylic acids is 1. The summed E-state index contributed by atoms with van der Waals surface area (Å²) in [6.45, 7) is 5.14. The van der Waals surface area contributed by atoms with Crippen LogP contribution in [0.2, 0.25) is 0 Å². The van der Waals surface area contributed by atoms with E-state index in [1.807, 2.05) is 12.2 Å². The molecule has 1 aliphatic carbocycles. The van der Waals surface area contributed by atoms with Gasteiger partial charge in [-0.3, -0.25) is 0 Å². The van der Waals surface area contributed by atoms with Crippen LogP contribution in [0.3, 0.4) is 0 Å². The standard InChI is InChI=1S/C14H19NO4S/c1-14(2,3)19-13(18)15-10(12(16)17)8-9-6-4-5-7-11(9)20/h4-6,10H,7-8H2,1-3H3,(H,15,18)(H,16,17)/t10-/m1/s1. The molecule has 0 saturated carbocycles. The summed E-state index contributed by atoms with van der Waals surface area (Å²) < 4.78 is 5.05. The molecule has 20 heavy (non-hydrogen) atoms. The highest BCUT2D eigenvalue weighted by Crippen LogP contribution is 2.16. The van der Waals surface area contributed by atoms with Gasteiger partial charge in [-0.25, -0.2) is 9.59 Å². The molecule has 0 bridgehead atoms.